The molecule has 23 heavy (non-hydrogen) atoms. The van der Waals surface area contributed by atoms with Crippen LogP contribution in [0.2, 0.25) is 0 Å². The SMILES string of the molecule is CC(C)c1cc(C#CC2CCCCC2)cc(C(C)C)c1CC=O. The van der Waals surface area contributed by atoms with E-state index < -0.39 is 0 Å². The number of rotatable bonds is 4. The summed E-state index contributed by atoms with van der Waals surface area (Å²) >= 11 is 0. The topological polar surface area (TPSA) is 17.1 Å². The fourth-order valence-corrected chi connectivity index (χ4v) is 3.57. The Bertz CT molecular complexity index is 563. The molecule has 1 nitrogen and oxygen atoms in total. The standard InChI is InChI=1S/C22H30O/c1-16(2)21-14-19(11-10-18-8-6-5-7-9-18)15-22(17(3)4)20(21)12-13-23/h13-18H,5-9,12H2,1-4H3. The van der Waals surface area contributed by atoms with Crippen molar-refractivity contribution in [1.82, 2.24) is 0 Å². The molecule has 0 aromatic heterocycles. The molecule has 0 aliphatic heterocycles. The Kier molecular flexibility index (Phi) is 6.46. The minimum absolute atomic E-state index is 0.416. The lowest BCUT2D eigenvalue weighted by molar-refractivity contribution is -0.107. The summed E-state index contributed by atoms with van der Waals surface area (Å²) in [5.74, 6) is 8.34. The zero-order valence-corrected chi connectivity index (χ0v) is 15.1. The van der Waals surface area contributed by atoms with E-state index in [4.69, 9.17) is 0 Å². The van der Waals surface area contributed by atoms with E-state index >= 15 is 0 Å². The van der Waals surface area contributed by atoms with Crippen LogP contribution in [0.15, 0.2) is 12.1 Å². The Morgan fingerprint density at radius 1 is 1.04 bits per heavy atom. The lowest BCUT2D eigenvalue weighted by Crippen LogP contribution is -2.06. The van der Waals surface area contributed by atoms with E-state index in [0.29, 0.717) is 24.2 Å². The van der Waals surface area contributed by atoms with Gasteiger partial charge in [0.25, 0.3) is 0 Å². The van der Waals surface area contributed by atoms with Gasteiger partial charge >= 0.3 is 0 Å². The molecule has 0 heterocycles. The summed E-state index contributed by atoms with van der Waals surface area (Å²) in [7, 11) is 0. The molecule has 1 aliphatic carbocycles. The van der Waals surface area contributed by atoms with Gasteiger partial charge in [0.1, 0.15) is 6.29 Å². The minimum atomic E-state index is 0.416. The van der Waals surface area contributed by atoms with E-state index in [1.54, 1.807) is 0 Å². The van der Waals surface area contributed by atoms with Crippen molar-refractivity contribution in [2.24, 2.45) is 5.92 Å². The van der Waals surface area contributed by atoms with Crippen molar-refractivity contribution in [2.45, 2.75) is 78.1 Å². The zero-order valence-electron chi connectivity index (χ0n) is 15.1. The predicted octanol–water partition coefficient (Wildman–Crippen LogP) is 5.61. The molecule has 124 valence electrons. The van der Waals surface area contributed by atoms with E-state index in [2.05, 4.69) is 51.7 Å². The normalized spacial score (nSPS) is 15.6. The fraction of sp³-hybridized carbons (Fsp3) is 0.591. The van der Waals surface area contributed by atoms with Crippen LogP contribution in [-0.4, -0.2) is 6.29 Å². The van der Waals surface area contributed by atoms with E-state index in [9.17, 15) is 4.79 Å². The first kappa shape index (κ1) is 17.8. The first-order chi connectivity index (χ1) is 11.0. The van der Waals surface area contributed by atoms with Gasteiger partial charge in [0.2, 0.25) is 0 Å². The number of carbonyl (C=O) groups excluding carboxylic acids is 1. The molecule has 1 fully saturated rings. The Morgan fingerprint density at radius 2 is 1.61 bits per heavy atom. The molecule has 0 atom stereocenters. The highest BCUT2D eigenvalue weighted by molar-refractivity contribution is 5.60. The summed E-state index contributed by atoms with van der Waals surface area (Å²) in [6, 6.07) is 4.43. The Morgan fingerprint density at radius 3 is 2.09 bits per heavy atom. The average molecular weight is 310 g/mol. The molecule has 0 spiro atoms. The van der Waals surface area contributed by atoms with Crippen molar-refractivity contribution >= 4 is 6.29 Å². The third-order valence-corrected chi connectivity index (χ3v) is 4.88. The second-order valence-electron chi connectivity index (χ2n) is 7.42. The molecule has 0 saturated heterocycles. The van der Waals surface area contributed by atoms with Gasteiger partial charge in [0, 0.05) is 17.9 Å². The van der Waals surface area contributed by atoms with Crippen LogP contribution >= 0.6 is 0 Å². The summed E-state index contributed by atoms with van der Waals surface area (Å²) in [6.07, 6.45) is 8.07. The molecule has 1 aromatic rings. The quantitative estimate of drug-likeness (QED) is 0.522. The fourth-order valence-electron chi connectivity index (χ4n) is 3.57. The molecule has 1 aliphatic rings. The highest BCUT2D eigenvalue weighted by Gasteiger charge is 2.15. The second kappa shape index (κ2) is 8.34. The average Bonchev–Trinajstić information content (AvgIpc) is 2.54. The first-order valence-corrected chi connectivity index (χ1v) is 9.14. The van der Waals surface area contributed by atoms with Crippen LogP contribution in [0.5, 0.6) is 0 Å². The van der Waals surface area contributed by atoms with Crippen LogP contribution in [0, 0.1) is 17.8 Å². The Hall–Kier alpha value is -1.55. The lowest BCUT2D eigenvalue weighted by Gasteiger charge is -2.19. The van der Waals surface area contributed by atoms with Crippen LogP contribution in [0.4, 0.5) is 0 Å². The molecule has 1 saturated carbocycles. The summed E-state index contributed by atoms with van der Waals surface area (Å²) in [5, 5.41) is 0. The molecule has 0 unspecified atom stereocenters. The summed E-state index contributed by atoms with van der Waals surface area (Å²) in [5.41, 5.74) is 4.92. The summed E-state index contributed by atoms with van der Waals surface area (Å²) in [6.45, 7) is 8.80. The third kappa shape index (κ3) is 4.71. The smallest absolute Gasteiger partial charge is 0.124 e. The van der Waals surface area contributed by atoms with Gasteiger partial charge in [-0.1, -0.05) is 58.8 Å². The highest BCUT2D eigenvalue weighted by Crippen LogP contribution is 2.30. The van der Waals surface area contributed by atoms with Crippen molar-refractivity contribution in [1.29, 1.82) is 0 Å². The van der Waals surface area contributed by atoms with Crippen LogP contribution in [0.1, 0.15) is 93.9 Å². The largest absolute Gasteiger partial charge is 0.303 e. The van der Waals surface area contributed by atoms with Gasteiger partial charge in [0.05, 0.1) is 0 Å². The van der Waals surface area contributed by atoms with Crippen molar-refractivity contribution in [3.63, 3.8) is 0 Å². The lowest BCUT2D eigenvalue weighted by atomic mass is 9.85. The van der Waals surface area contributed by atoms with Gasteiger partial charge in [-0.25, -0.2) is 0 Å². The molecular weight excluding hydrogens is 280 g/mol. The summed E-state index contributed by atoms with van der Waals surface area (Å²) in [4.78, 5) is 11.1. The molecule has 0 amide bonds. The van der Waals surface area contributed by atoms with E-state index in [0.717, 1.165) is 11.8 Å². The number of aldehydes is 1. The van der Waals surface area contributed by atoms with Crippen LogP contribution in [0.25, 0.3) is 0 Å². The first-order valence-electron chi connectivity index (χ1n) is 9.14. The Balaban J connectivity index is 2.40. The van der Waals surface area contributed by atoms with E-state index in [1.165, 1.54) is 48.8 Å². The summed E-state index contributed by atoms with van der Waals surface area (Å²) < 4.78 is 0. The maximum Gasteiger partial charge on any atom is 0.124 e. The second-order valence-corrected chi connectivity index (χ2v) is 7.42. The van der Waals surface area contributed by atoms with Gasteiger partial charge in [-0.15, -0.1) is 0 Å². The van der Waals surface area contributed by atoms with Crippen molar-refractivity contribution in [3.8, 4) is 11.8 Å². The minimum Gasteiger partial charge on any atom is -0.303 e. The van der Waals surface area contributed by atoms with Gasteiger partial charge in [-0.05, 0) is 53.5 Å². The molecule has 0 bridgehead atoms. The maximum atomic E-state index is 11.1. The maximum absolute atomic E-state index is 11.1. The molecule has 2 rings (SSSR count). The van der Waals surface area contributed by atoms with Gasteiger partial charge in [0.15, 0.2) is 0 Å². The molecule has 0 N–H and O–H groups in total. The van der Waals surface area contributed by atoms with E-state index in [-0.39, 0.29) is 0 Å². The number of benzene rings is 1. The number of hydrogen-bond acceptors (Lipinski definition) is 1. The van der Waals surface area contributed by atoms with Crippen LogP contribution in [0.3, 0.4) is 0 Å². The van der Waals surface area contributed by atoms with Crippen LogP contribution < -0.4 is 0 Å². The molecular formula is C22H30O. The zero-order chi connectivity index (χ0) is 16.8. The van der Waals surface area contributed by atoms with E-state index in [1.807, 2.05) is 0 Å². The van der Waals surface area contributed by atoms with Crippen LogP contribution in [-0.2, 0) is 11.2 Å². The Labute approximate surface area is 141 Å². The van der Waals surface area contributed by atoms with Crippen molar-refractivity contribution in [2.75, 3.05) is 0 Å². The molecule has 0 radical (unpaired) electrons. The number of carbonyl (C=O) groups is 1. The number of hydrogen-bond donors (Lipinski definition) is 0. The third-order valence-electron chi connectivity index (χ3n) is 4.88. The monoisotopic (exact) mass is 310 g/mol. The van der Waals surface area contributed by atoms with Crippen molar-refractivity contribution in [3.05, 3.63) is 34.4 Å². The van der Waals surface area contributed by atoms with Crippen molar-refractivity contribution < 1.29 is 4.79 Å². The van der Waals surface area contributed by atoms with Gasteiger partial charge < -0.3 is 4.79 Å². The predicted molar refractivity (Wildman–Crippen MR) is 97.8 cm³/mol. The highest BCUT2D eigenvalue weighted by atomic mass is 16.1. The molecule has 1 heteroatoms. The molecule has 1 aromatic carbocycles. The van der Waals surface area contributed by atoms with Gasteiger partial charge in [-0.2, -0.15) is 0 Å². The van der Waals surface area contributed by atoms with Gasteiger partial charge in [-0.3, -0.25) is 0 Å².